The summed E-state index contributed by atoms with van der Waals surface area (Å²) < 4.78 is 2.20. The molecule has 0 aromatic carbocycles. The predicted molar refractivity (Wildman–Crippen MR) is 71.2 cm³/mol. The number of hydrogen-bond acceptors (Lipinski definition) is 2. The second kappa shape index (κ2) is 5.67. The highest BCUT2D eigenvalue weighted by molar-refractivity contribution is 5.04. The van der Waals surface area contributed by atoms with Gasteiger partial charge in [0.05, 0.1) is 12.2 Å². The van der Waals surface area contributed by atoms with Crippen molar-refractivity contribution >= 4 is 0 Å². The summed E-state index contributed by atoms with van der Waals surface area (Å²) in [6.45, 7) is 9.22. The molecule has 0 amide bonds. The van der Waals surface area contributed by atoms with Gasteiger partial charge in [-0.05, 0) is 38.7 Å². The van der Waals surface area contributed by atoms with Crippen LogP contribution in [0, 0.1) is 0 Å². The molecule has 0 N–H and O–H groups in total. The number of likely N-dealkylation sites (tertiary alicyclic amines) is 1. The fourth-order valence-electron chi connectivity index (χ4n) is 2.66. The first kappa shape index (κ1) is 12.6. The molecule has 0 saturated carbocycles. The number of hydrogen-bond donors (Lipinski definition) is 0. The van der Waals surface area contributed by atoms with E-state index in [2.05, 4.69) is 41.6 Å². The van der Waals surface area contributed by atoms with Crippen molar-refractivity contribution in [2.24, 2.45) is 0 Å². The van der Waals surface area contributed by atoms with E-state index in [0.29, 0.717) is 12.1 Å². The minimum absolute atomic E-state index is 0.621. The highest BCUT2D eigenvalue weighted by atomic mass is 15.3. The van der Waals surface area contributed by atoms with Crippen molar-refractivity contribution in [2.45, 2.75) is 58.5 Å². The highest BCUT2D eigenvalue weighted by Gasteiger charge is 2.22. The molecule has 0 unspecified atom stereocenters. The summed E-state index contributed by atoms with van der Waals surface area (Å²) >= 11 is 0. The molecule has 1 aliphatic rings. The van der Waals surface area contributed by atoms with Crippen molar-refractivity contribution in [2.75, 3.05) is 13.1 Å². The summed E-state index contributed by atoms with van der Waals surface area (Å²) in [5.41, 5.74) is 1.39. The van der Waals surface area contributed by atoms with Gasteiger partial charge in [0.25, 0.3) is 0 Å². The third-order valence-electron chi connectivity index (χ3n) is 3.80. The summed E-state index contributed by atoms with van der Waals surface area (Å²) in [5, 5.41) is 4.53. The van der Waals surface area contributed by atoms with Crippen LogP contribution < -0.4 is 0 Å². The maximum absolute atomic E-state index is 4.53. The molecule has 17 heavy (non-hydrogen) atoms. The molecule has 3 nitrogen and oxygen atoms in total. The molecule has 0 radical (unpaired) electrons. The van der Waals surface area contributed by atoms with Gasteiger partial charge in [0.1, 0.15) is 0 Å². The predicted octanol–water partition coefficient (Wildman–Crippen LogP) is 2.88. The Morgan fingerprint density at radius 1 is 1.35 bits per heavy atom. The number of piperidine rings is 1. The Morgan fingerprint density at radius 3 is 2.65 bits per heavy atom. The molecule has 0 atom stereocenters. The molecular weight excluding hydrogens is 210 g/mol. The topological polar surface area (TPSA) is 21.1 Å². The van der Waals surface area contributed by atoms with Crippen molar-refractivity contribution in [1.82, 2.24) is 14.7 Å². The Balaban J connectivity index is 1.91. The van der Waals surface area contributed by atoms with E-state index in [1.165, 1.54) is 37.9 Å². The zero-order chi connectivity index (χ0) is 12.3. The number of aromatic nitrogens is 2. The van der Waals surface area contributed by atoms with Gasteiger partial charge in [0.15, 0.2) is 0 Å². The van der Waals surface area contributed by atoms with Crippen LogP contribution in [-0.4, -0.2) is 33.8 Å². The second-order valence-electron chi connectivity index (χ2n) is 5.44. The number of aryl methyl sites for hydroxylation is 1. The van der Waals surface area contributed by atoms with Crippen LogP contribution in [0.3, 0.4) is 0 Å². The Labute approximate surface area is 105 Å². The SMILES string of the molecule is CCCc1cnn(C2CCN(C(C)C)CC2)c1. The van der Waals surface area contributed by atoms with Crippen LogP contribution in [-0.2, 0) is 6.42 Å². The fourth-order valence-corrected chi connectivity index (χ4v) is 2.66. The van der Waals surface area contributed by atoms with E-state index in [-0.39, 0.29) is 0 Å². The minimum Gasteiger partial charge on any atom is -0.301 e. The smallest absolute Gasteiger partial charge is 0.0543 e. The molecule has 2 heterocycles. The summed E-state index contributed by atoms with van der Waals surface area (Å²) in [7, 11) is 0. The average molecular weight is 235 g/mol. The van der Waals surface area contributed by atoms with E-state index in [0.717, 1.165) is 6.42 Å². The Kier molecular flexibility index (Phi) is 4.21. The second-order valence-corrected chi connectivity index (χ2v) is 5.44. The first-order valence-corrected chi connectivity index (χ1v) is 6.97. The molecule has 1 aromatic heterocycles. The van der Waals surface area contributed by atoms with Crippen LogP contribution in [0.25, 0.3) is 0 Å². The van der Waals surface area contributed by atoms with Crippen LogP contribution in [0.15, 0.2) is 12.4 Å². The van der Waals surface area contributed by atoms with Gasteiger partial charge >= 0.3 is 0 Å². The molecule has 1 aromatic rings. The minimum atomic E-state index is 0.621. The third-order valence-corrected chi connectivity index (χ3v) is 3.80. The van der Waals surface area contributed by atoms with Crippen molar-refractivity contribution in [3.63, 3.8) is 0 Å². The number of nitrogens with zero attached hydrogens (tertiary/aromatic N) is 3. The van der Waals surface area contributed by atoms with Gasteiger partial charge in [-0.25, -0.2) is 0 Å². The Bertz CT molecular complexity index is 335. The molecule has 1 saturated heterocycles. The van der Waals surface area contributed by atoms with Gasteiger partial charge in [-0.15, -0.1) is 0 Å². The maximum atomic E-state index is 4.53. The van der Waals surface area contributed by atoms with Gasteiger partial charge in [-0.3, -0.25) is 4.68 Å². The zero-order valence-corrected chi connectivity index (χ0v) is 11.4. The Morgan fingerprint density at radius 2 is 2.06 bits per heavy atom. The third kappa shape index (κ3) is 3.09. The first-order chi connectivity index (χ1) is 8.20. The van der Waals surface area contributed by atoms with E-state index >= 15 is 0 Å². The molecular formula is C14H25N3. The van der Waals surface area contributed by atoms with Crippen molar-refractivity contribution in [3.05, 3.63) is 18.0 Å². The molecule has 1 aliphatic heterocycles. The molecule has 2 rings (SSSR count). The van der Waals surface area contributed by atoms with Crippen LogP contribution >= 0.6 is 0 Å². The fraction of sp³-hybridized carbons (Fsp3) is 0.786. The van der Waals surface area contributed by atoms with Gasteiger partial charge in [-0.2, -0.15) is 5.10 Å². The maximum Gasteiger partial charge on any atom is 0.0543 e. The van der Waals surface area contributed by atoms with E-state index in [9.17, 15) is 0 Å². The largest absolute Gasteiger partial charge is 0.301 e. The molecule has 0 bridgehead atoms. The molecule has 3 heteroatoms. The lowest BCUT2D eigenvalue weighted by atomic mass is 10.0. The van der Waals surface area contributed by atoms with Crippen molar-refractivity contribution in [1.29, 1.82) is 0 Å². The number of rotatable bonds is 4. The zero-order valence-electron chi connectivity index (χ0n) is 11.4. The van der Waals surface area contributed by atoms with Gasteiger partial charge in [0, 0.05) is 25.3 Å². The average Bonchev–Trinajstić information content (AvgIpc) is 2.78. The van der Waals surface area contributed by atoms with Crippen LogP contribution in [0.2, 0.25) is 0 Å². The van der Waals surface area contributed by atoms with E-state index in [1.54, 1.807) is 0 Å². The molecule has 0 aliphatic carbocycles. The first-order valence-electron chi connectivity index (χ1n) is 6.97. The summed E-state index contributed by atoms with van der Waals surface area (Å²) in [6, 6.07) is 1.31. The molecule has 1 fully saturated rings. The normalized spacial score (nSPS) is 19.1. The lowest BCUT2D eigenvalue weighted by Gasteiger charge is -2.34. The van der Waals surface area contributed by atoms with Crippen LogP contribution in [0.1, 0.15) is 51.6 Å². The summed E-state index contributed by atoms with van der Waals surface area (Å²) in [6.07, 6.45) is 9.14. The van der Waals surface area contributed by atoms with Crippen LogP contribution in [0.4, 0.5) is 0 Å². The molecule has 0 spiro atoms. The van der Waals surface area contributed by atoms with Gasteiger partial charge in [0.2, 0.25) is 0 Å². The summed E-state index contributed by atoms with van der Waals surface area (Å²) in [4.78, 5) is 2.56. The van der Waals surface area contributed by atoms with Crippen LogP contribution in [0.5, 0.6) is 0 Å². The highest BCUT2D eigenvalue weighted by Crippen LogP contribution is 2.23. The van der Waals surface area contributed by atoms with E-state index < -0.39 is 0 Å². The monoisotopic (exact) mass is 235 g/mol. The Hall–Kier alpha value is -0.830. The van der Waals surface area contributed by atoms with E-state index in [4.69, 9.17) is 0 Å². The van der Waals surface area contributed by atoms with E-state index in [1.807, 2.05) is 6.20 Å². The summed E-state index contributed by atoms with van der Waals surface area (Å²) in [5.74, 6) is 0. The lowest BCUT2D eigenvalue weighted by Crippen LogP contribution is -2.39. The van der Waals surface area contributed by atoms with Gasteiger partial charge < -0.3 is 4.90 Å². The van der Waals surface area contributed by atoms with Gasteiger partial charge in [-0.1, -0.05) is 13.3 Å². The van der Waals surface area contributed by atoms with Crippen molar-refractivity contribution in [3.8, 4) is 0 Å². The van der Waals surface area contributed by atoms with Crippen molar-refractivity contribution < 1.29 is 0 Å². The lowest BCUT2D eigenvalue weighted by molar-refractivity contribution is 0.147. The molecule has 96 valence electrons. The standard InChI is InChI=1S/C14H25N3/c1-4-5-13-10-15-17(11-13)14-6-8-16(9-7-14)12(2)3/h10-12,14H,4-9H2,1-3H3. The quantitative estimate of drug-likeness (QED) is 0.800.